The standard InChI is InChI=1S/C13H21N3O2/c1-4-18-12-6-5-10(7-9(12)2)8-11(14)13(17)16(3)15/h5-7,11H,4,8,14-15H2,1-3H3. The summed E-state index contributed by atoms with van der Waals surface area (Å²) in [6.45, 7) is 4.55. The van der Waals surface area contributed by atoms with Crippen LogP contribution in [0, 0.1) is 6.92 Å². The van der Waals surface area contributed by atoms with E-state index in [1.807, 2.05) is 32.0 Å². The first-order chi connectivity index (χ1) is 8.45. The molecule has 0 saturated carbocycles. The smallest absolute Gasteiger partial charge is 0.253 e. The average molecular weight is 251 g/mol. The molecular formula is C13H21N3O2. The van der Waals surface area contributed by atoms with Crippen LogP contribution in [0.15, 0.2) is 18.2 Å². The lowest BCUT2D eigenvalue weighted by molar-refractivity contribution is -0.131. The molecule has 0 radical (unpaired) electrons. The van der Waals surface area contributed by atoms with Gasteiger partial charge in [0.2, 0.25) is 0 Å². The normalized spacial score (nSPS) is 12.1. The number of nitrogens with two attached hydrogens (primary N) is 2. The third kappa shape index (κ3) is 3.72. The van der Waals surface area contributed by atoms with Gasteiger partial charge in [0.1, 0.15) is 5.75 Å². The molecule has 1 atom stereocenters. The Morgan fingerprint density at radius 3 is 2.67 bits per heavy atom. The van der Waals surface area contributed by atoms with Crippen molar-refractivity contribution in [3.8, 4) is 5.75 Å². The maximum absolute atomic E-state index is 11.6. The number of amides is 1. The molecule has 1 aromatic carbocycles. The van der Waals surface area contributed by atoms with E-state index in [0.717, 1.165) is 21.9 Å². The Morgan fingerprint density at radius 2 is 2.17 bits per heavy atom. The van der Waals surface area contributed by atoms with Gasteiger partial charge in [0.25, 0.3) is 5.91 Å². The highest BCUT2D eigenvalue weighted by Gasteiger charge is 2.16. The molecule has 0 saturated heterocycles. The van der Waals surface area contributed by atoms with Gasteiger partial charge < -0.3 is 10.5 Å². The van der Waals surface area contributed by atoms with E-state index in [1.165, 1.54) is 7.05 Å². The predicted molar refractivity (Wildman–Crippen MR) is 71.0 cm³/mol. The van der Waals surface area contributed by atoms with Gasteiger partial charge in [-0.15, -0.1) is 0 Å². The molecule has 0 fully saturated rings. The SMILES string of the molecule is CCOc1ccc(CC(N)C(=O)N(C)N)cc1C. The van der Waals surface area contributed by atoms with Crippen molar-refractivity contribution in [2.24, 2.45) is 11.6 Å². The molecular weight excluding hydrogens is 230 g/mol. The van der Waals surface area contributed by atoms with E-state index in [4.69, 9.17) is 16.3 Å². The molecule has 4 N–H and O–H groups in total. The number of benzene rings is 1. The quantitative estimate of drug-likeness (QED) is 0.456. The fourth-order valence-corrected chi connectivity index (χ4v) is 1.76. The molecule has 5 nitrogen and oxygen atoms in total. The highest BCUT2D eigenvalue weighted by Crippen LogP contribution is 2.19. The largest absolute Gasteiger partial charge is 0.494 e. The number of rotatable bonds is 5. The summed E-state index contributed by atoms with van der Waals surface area (Å²) < 4.78 is 5.46. The van der Waals surface area contributed by atoms with Crippen LogP contribution in [-0.4, -0.2) is 30.6 Å². The van der Waals surface area contributed by atoms with E-state index in [1.54, 1.807) is 0 Å². The van der Waals surface area contributed by atoms with E-state index < -0.39 is 6.04 Å². The van der Waals surface area contributed by atoms with Crippen molar-refractivity contribution in [3.63, 3.8) is 0 Å². The maximum atomic E-state index is 11.6. The summed E-state index contributed by atoms with van der Waals surface area (Å²) in [6.07, 6.45) is 0.466. The van der Waals surface area contributed by atoms with E-state index in [-0.39, 0.29) is 5.91 Å². The van der Waals surface area contributed by atoms with Crippen molar-refractivity contribution in [2.75, 3.05) is 13.7 Å². The minimum absolute atomic E-state index is 0.276. The Kier molecular flexibility index (Phi) is 5.12. The lowest BCUT2D eigenvalue weighted by Gasteiger charge is -2.17. The van der Waals surface area contributed by atoms with Crippen LogP contribution in [-0.2, 0) is 11.2 Å². The molecule has 0 aliphatic carbocycles. The second kappa shape index (κ2) is 6.37. The fourth-order valence-electron chi connectivity index (χ4n) is 1.76. The number of hydrogen-bond acceptors (Lipinski definition) is 4. The Morgan fingerprint density at radius 1 is 1.50 bits per heavy atom. The monoisotopic (exact) mass is 251 g/mol. The number of aryl methyl sites for hydroxylation is 1. The highest BCUT2D eigenvalue weighted by atomic mass is 16.5. The van der Waals surface area contributed by atoms with Crippen LogP contribution in [0.2, 0.25) is 0 Å². The first-order valence-corrected chi connectivity index (χ1v) is 5.95. The highest BCUT2D eigenvalue weighted by molar-refractivity contribution is 5.81. The molecule has 100 valence electrons. The average Bonchev–Trinajstić information content (AvgIpc) is 2.31. The van der Waals surface area contributed by atoms with Crippen molar-refractivity contribution in [1.82, 2.24) is 5.01 Å². The van der Waals surface area contributed by atoms with Gasteiger partial charge in [-0.1, -0.05) is 12.1 Å². The Bertz CT molecular complexity index is 419. The summed E-state index contributed by atoms with van der Waals surface area (Å²) in [4.78, 5) is 11.6. The Balaban J connectivity index is 2.74. The van der Waals surface area contributed by atoms with Gasteiger partial charge >= 0.3 is 0 Å². The van der Waals surface area contributed by atoms with E-state index >= 15 is 0 Å². The number of hydrazine groups is 1. The third-order valence-electron chi connectivity index (χ3n) is 2.66. The second-order valence-corrected chi connectivity index (χ2v) is 4.29. The molecule has 1 rings (SSSR count). The van der Waals surface area contributed by atoms with Gasteiger partial charge in [-0.3, -0.25) is 9.80 Å². The van der Waals surface area contributed by atoms with E-state index in [2.05, 4.69) is 0 Å². The molecule has 5 heteroatoms. The molecule has 0 spiro atoms. The zero-order valence-electron chi connectivity index (χ0n) is 11.1. The van der Waals surface area contributed by atoms with Crippen LogP contribution < -0.4 is 16.3 Å². The molecule has 1 unspecified atom stereocenters. The number of carbonyl (C=O) groups excluding carboxylic acids is 1. The Labute approximate surface area is 108 Å². The minimum Gasteiger partial charge on any atom is -0.494 e. The first-order valence-electron chi connectivity index (χ1n) is 5.95. The van der Waals surface area contributed by atoms with Gasteiger partial charge in [-0.25, -0.2) is 5.84 Å². The van der Waals surface area contributed by atoms with Crippen LogP contribution in [0.1, 0.15) is 18.1 Å². The number of carbonyl (C=O) groups is 1. The third-order valence-corrected chi connectivity index (χ3v) is 2.66. The van der Waals surface area contributed by atoms with Crippen LogP contribution in [0.25, 0.3) is 0 Å². The summed E-state index contributed by atoms with van der Waals surface area (Å²) in [6, 6.07) is 5.19. The molecule has 0 bridgehead atoms. The first kappa shape index (κ1) is 14.5. The molecule has 1 aromatic rings. The molecule has 1 amide bonds. The summed E-state index contributed by atoms with van der Waals surface area (Å²) >= 11 is 0. The summed E-state index contributed by atoms with van der Waals surface area (Å²) in [5.41, 5.74) is 7.83. The van der Waals surface area contributed by atoms with E-state index in [0.29, 0.717) is 13.0 Å². The van der Waals surface area contributed by atoms with Gasteiger partial charge in [0.15, 0.2) is 0 Å². The molecule has 0 aliphatic heterocycles. The summed E-state index contributed by atoms with van der Waals surface area (Å²) in [7, 11) is 1.49. The van der Waals surface area contributed by atoms with Crippen LogP contribution in [0.3, 0.4) is 0 Å². The number of likely N-dealkylation sites (N-methyl/N-ethyl adjacent to an activating group) is 1. The van der Waals surface area contributed by atoms with Gasteiger partial charge in [-0.2, -0.15) is 0 Å². The lowest BCUT2D eigenvalue weighted by Crippen LogP contribution is -2.46. The number of hydrogen-bond donors (Lipinski definition) is 2. The summed E-state index contributed by atoms with van der Waals surface area (Å²) in [5.74, 6) is 5.95. The van der Waals surface area contributed by atoms with Gasteiger partial charge in [0.05, 0.1) is 12.6 Å². The zero-order chi connectivity index (χ0) is 13.7. The maximum Gasteiger partial charge on any atom is 0.253 e. The zero-order valence-corrected chi connectivity index (χ0v) is 11.1. The molecule has 18 heavy (non-hydrogen) atoms. The van der Waals surface area contributed by atoms with Crippen molar-refractivity contribution < 1.29 is 9.53 Å². The lowest BCUT2D eigenvalue weighted by atomic mass is 10.0. The van der Waals surface area contributed by atoms with Crippen LogP contribution >= 0.6 is 0 Å². The second-order valence-electron chi connectivity index (χ2n) is 4.29. The van der Waals surface area contributed by atoms with Crippen molar-refractivity contribution in [1.29, 1.82) is 0 Å². The van der Waals surface area contributed by atoms with Crippen LogP contribution in [0.4, 0.5) is 0 Å². The Hall–Kier alpha value is -1.59. The minimum atomic E-state index is -0.614. The van der Waals surface area contributed by atoms with Crippen molar-refractivity contribution >= 4 is 5.91 Å². The van der Waals surface area contributed by atoms with Gasteiger partial charge in [-0.05, 0) is 37.5 Å². The number of nitrogens with zero attached hydrogens (tertiary/aromatic N) is 1. The van der Waals surface area contributed by atoms with E-state index in [9.17, 15) is 4.79 Å². The summed E-state index contributed by atoms with van der Waals surface area (Å²) in [5, 5.41) is 1.02. The van der Waals surface area contributed by atoms with Crippen molar-refractivity contribution in [2.45, 2.75) is 26.3 Å². The topological polar surface area (TPSA) is 81.6 Å². The molecule has 0 aromatic heterocycles. The fraction of sp³-hybridized carbons (Fsp3) is 0.462. The number of ether oxygens (including phenoxy) is 1. The van der Waals surface area contributed by atoms with Gasteiger partial charge in [0, 0.05) is 7.05 Å². The van der Waals surface area contributed by atoms with Crippen LogP contribution in [0.5, 0.6) is 5.75 Å². The molecule has 0 heterocycles. The predicted octanol–water partition coefficient (Wildman–Crippen LogP) is 0.596. The van der Waals surface area contributed by atoms with Crippen molar-refractivity contribution in [3.05, 3.63) is 29.3 Å². The molecule has 0 aliphatic rings.